The second-order valence-electron chi connectivity index (χ2n) is 8.94. The third-order valence-electron chi connectivity index (χ3n) is 6.11. The Labute approximate surface area is 207 Å². The maximum atomic E-state index is 13.1. The molecule has 11 heteroatoms. The van der Waals surface area contributed by atoms with Gasteiger partial charge in [-0.05, 0) is 63.0 Å². The number of halogens is 3. The smallest absolute Gasteiger partial charge is 0.395 e. The summed E-state index contributed by atoms with van der Waals surface area (Å²) in [5, 5.41) is 19.5. The van der Waals surface area contributed by atoms with E-state index in [1.807, 2.05) is 13.0 Å². The molecule has 0 saturated carbocycles. The average Bonchev–Trinajstić information content (AvgIpc) is 3.23. The molecule has 1 fully saturated rings. The highest BCUT2D eigenvalue weighted by Gasteiger charge is 2.30. The molecule has 36 heavy (non-hydrogen) atoms. The predicted molar refractivity (Wildman–Crippen MR) is 132 cm³/mol. The molecule has 1 aliphatic heterocycles. The topological polar surface area (TPSA) is 103 Å². The summed E-state index contributed by atoms with van der Waals surface area (Å²) in [5.74, 6) is 1.96. The number of aryl methyl sites for hydroxylation is 1. The molecule has 0 aliphatic carbocycles. The number of aromatic amines is 1. The van der Waals surface area contributed by atoms with Crippen LogP contribution in [0.25, 0.3) is 12.2 Å². The molecular formula is C25H30F3N7O. The minimum absolute atomic E-state index is 0.0941. The summed E-state index contributed by atoms with van der Waals surface area (Å²) in [5.41, 5.74) is 0.564. The van der Waals surface area contributed by atoms with Gasteiger partial charge in [-0.15, -0.1) is 0 Å². The van der Waals surface area contributed by atoms with Gasteiger partial charge < -0.3 is 15.3 Å². The Kier molecular flexibility index (Phi) is 8.32. The number of hydrogen-bond donors (Lipinski definition) is 3. The van der Waals surface area contributed by atoms with Crippen LogP contribution in [0, 0.1) is 6.92 Å². The van der Waals surface area contributed by atoms with Crippen LogP contribution in [0.3, 0.4) is 0 Å². The first-order chi connectivity index (χ1) is 17.3. The highest BCUT2D eigenvalue weighted by molar-refractivity contribution is 5.67. The van der Waals surface area contributed by atoms with Crippen LogP contribution in [0.4, 0.5) is 24.9 Å². The summed E-state index contributed by atoms with van der Waals surface area (Å²) >= 11 is 0. The van der Waals surface area contributed by atoms with E-state index >= 15 is 0 Å². The summed E-state index contributed by atoms with van der Waals surface area (Å²) in [4.78, 5) is 16.0. The molecule has 3 aromatic rings. The van der Waals surface area contributed by atoms with Gasteiger partial charge in [-0.25, -0.2) is 4.98 Å². The Morgan fingerprint density at radius 3 is 2.72 bits per heavy atom. The molecule has 0 spiro atoms. The molecule has 8 nitrogen and oxygen atoms in total. The molecule has 0 radical (unpaired) electrons. The van der Waals surface area contributed by atoms with Crippen molar-refractivity contribution in [1.82, 2.24) is 30.0 Å². The lowest BCUT2D eigenvalue weighted by Crippen LogP contribution is -2.31. The van der Waals surface area contributed by atoms with Gasteiger partial charge >= 0.3 is 6.18 Å². The molecule has 0 amide bonds. The molecule has 1 unspecified atom stereocenters. The number of alkyl halides is 3. The first kappa shape index (κ1) is 25.8. The van der Waals surface area contributed by atoms with Crippen LogP contribution in [0.2, 0.25) is 0 Å². The van der Waals surface area contributed by atoms with E-state index in [9.17, 15) is 18.3 Å². The van der Waals surface area contributed by atoms with Crippen molar-refractivity contribution >= 4 is 23.9 Å². The van der Waals surface area contributed by atoms with Gasteiger partial charge in [-0.1, -0.05) is 24.6 Å². The number of H-pyrrole nitrogens is 1. The van der Waals surface area contributed by atoms with Crippen LogP contribution >= 0.6 is 0 Å². The SMILES string of the molecule is Cc1cc(Nc2nc(/C=C/c3cccc(C(F)(F)F)c3)nc(C3CCCCN(CCO)CC3)n2)n[nH]1. The summed E-state index contributed by atoms with van der Waals surface area (Å²) in [6, 6.07) is 6.94. The van der Waals surface area contributed by atoms with Crippen molar-refractivity contribution in [3.63, 3.8) is 0 Å². The van der Waals surface area contributed by atoms with Crippen LogP contribution in [-0.4, -0.2) is 61.4 Å². The quantitative estimate of drug-likeness (QED) is 0.428. The van der Waals surface area contributed by atoms with Crippen LogP contribution in [0.15, 0.2) is 30.3 Å². The number of aromatic nitrogens is 5. The Hall–Kier alpha value is -3.31. The Morgan fingerprint density at radius 1 is 1.11 bits per heavy atom. The van der Waals surface area contributed by atoms with E-state index in [0.717, 1.165) is 56.6 Å². The maximum Gasteiger partial charge on any atom is 0.416 e. The molecule has 1 atom stereocenters. The molecule has 0 bridgehead atoms. The molecule has 192 valence electrons. The zero-order valence-corrected chi connectivity index (χ0v) is 20.1. The number of aliphatic hydroxyl groups excluding tert-OH is 1. The zero-order chi connectivity index (χ0) is 25.5. The van der Waals surface area contributed by atoms with Gasteiger partial charge in [0.05, 0.1) is 12.2 Å². The number of likely N-dealkylation sites (tertiary alicyclic amines) is 1. The van der Waals surface area contributed by atoms with Gasteiger partial charge in [-0.2, -0.15) is 28.2 Å². The number of anilines is 2. The second-order valence-corrected chi connectivity index (χ2v) is 8.94. The normalized spacial score (nSPS) is 17.8. The van der Waals surface area contributed by atoms with Crippen molar-refractivity contribution in [2.24, 2.45) is 0 Å². The molecule has 1 saturated heterocycles. The lowest BCUT2D eigenvalue weighted by atomic mass is 9.95. The summed E-state index contributed by atoms with van der Waals surface area (Å²) in [6.07, 6.45) is 2.55. The van der Waals surface area contributed by atoms with Crippen molar-refractivity contribution in [1.29, 1.82) is 0 Å². The number of β-amino-alcohol motifs (C(OH)–C–C–N with tert-alkyl or cyclic N) is 1. The number of benzene rings is 1. The van der Waals surface area contributed by atoms with Gasteiger partial charge in [0.25, 0.3) is 0 Å². The number of nitrogens with zero attached hydrogens (tertiary/aromatic N) is 5. The van der Waals surface area contributed by atoms with E-state index in [-0.39, 0.29) is 12.5 Å². The van der Waals surface area contributed by atoms with Gasteiger partial charge in [0.1, 0.15) is 5.82 Å². The summed E-state index contributed by atoms with van der Waals surface area (Å²) in [7, 11) is 0. The number of aliphatic hydroxyl groups is 1. The highest BCUT2D eigenvalue weighted by atomic mass is 19.4. The molecule has 4 rings (SSSR count). The fraction of sp³-hybridized carbons (Fsp3) is 0.440. The van der Waals surface area contributed by atoms with Gasteiger partial charge in [-0.3, -0.25) is 5.10 Å². The first-order valence-corrected chi connectivity index (χ1v) is 12.0. The summed E-state index contributed by atoms with van der Waals surface area (Å²) in [6.45, 7) is 4.43. The minimum atomic E-state index is -4.41. The van der Waals surface area contributed by atoms with E-state index in [2.05, 4.69) is 35.4 Å². The number of rotatable bonds is 7. The van der Waals surface area contributed by atoms with E-state index in [1.165, 1.54) is 6.07 Å². The standard InChI is InChI=1S/C25H30F3N7O/c1-17-15-22(34-33-17)31-24-30-21(9-8-18-5-4-7-20(16-18)25(26,27)28)29-23(32-24)19-6-2-3-11-35(12-10-19)13-14-36/h4-5,7-9,15-16,19,36H,2-3,6,10-14H2,1H3,(H2,29,30,31,32,33,34)/b9-8+. The lowest BCUT2D eigenvalue weighted by Gasteiger charge is -2.27. The van der Waals surface area contributed by atoms with Crippen molar-refractivity contribution in [2.45, 2.75) is 44.7 Å². The summed E-state index contributed by atoms with van der Waals surface area (Å²) < 4.78 is 39.3. The van der Waals surface area contributed by atoms with E-state index in [1.54, 1.807) is 18.2 Å². The van der Waals surface area contributed by atoms with Crippen molar-refractivity contribution in [3.8, 4) is 0 Å². The lowest BCUT2D eigenvalue weighted by molar-refractivity contribution is -0.137. The van der Waals surface area contributed by atoms with Crippen LogP contribution in [-0.2, 0) is 6.18 Å². The maximum absolute atomic E-state index is 13.1. The third kappa shape index (κ3) is 7.11. The Balaban J connectivity index is 1.62. The average molecular weight is 502 g/mol. The van der Waals surface area contributed by atoms with Gasteiger partial charge in [0, 0.05) is 24.2 Å². The highest BCUT2D eigenvalue weighted by Crippen LogP contribution is 2.30. The van der Waals surface area contributed by atoms with E-state index in [0.29, 0.717) is 35.5 Å². The van der Waals surface area contributed by atoms with Crippen LogP contribution in [0.5, 0.6) is 0 Å². The molecule has 1 aliphatic rings. The van der Waals surface area contributed by atoms with Crippen molar-refractivity contribution < 1.29 is 18.3 Å². The Bertz CT molecular complexity index is 1180. The molecule has 1 aromatic carbocycles. The minimum Gasteiger partial charge on any atom is -0.395 e. The third-order valence-corrected chi connectivity index (χ3v) is 6.11. The van der Waals surface area contributed by atoms with Crippen LogP contribution < -0.4 is 5.32 Å². The van der Waals surface area contributed by atoms with Crippen LogP contribution in [0.1, 0.15) is 60.1 Å². The monoisotopic (exact) mass is 501 g/mol. The number of nitrogens with one attached hydrogen (secondary N) is 2. The zero-order valence-electron chi connectivity index (χ0n) is 20.1. The Morgan fingerprint density at radius 2 is 1.97 bits per heavy atom. The van der Waals surface area contributed by atoms with Gasteiger partial charge in [0.15, 0.2) is 11.6 Å². The van der Waals surface area contributed by atoms with Crippen molar-refractivity contribution in [3.05, 3.63) is 58.8 Å². The largest absolute Gasteiger partial charge is 0.416 e. The molecule has 2 aromatic heterocycles. The van der Waals surface area contributed by atoms with E-state index in [4.69, 9.17) is 0 Å². The molecule has 3 heterocycles. The molecule has 3 N–H and O–H groups in total. The second kappa shape index (κ2) is 11.6. The van der Waals surface area contributed by atoms with E-state index < -0.39 is 11.7 Å². The fourth-order valence-corrected chi connectivity index (χ4v) is 4.25. The van der Waals surface area contributed by atoms with Gasteiger partial charge in [0.2, 0.25) is 5.95 Å². The predicted octanol–water partition coefficient (Wildman–Crippen LogP) is 4.79. The first-order valence-electron chi connectivity index (χ1n) is 12.0. The number of hydrogen-bond acceptors (Lipinski definition) is 7. The fourth-order valence-electron chi connectivity index (χ4n) is 4.25. The van der Waals surface area contributed by atoms with Crippen molar-refractivity contribution in [2.75, 3.05) is 31.6 Å². The molecular weight excluding hydrogens is 471 g/mol.